The minimum atomic E-state index is -0.536. The molecule has 0 spiro atoms. The number of ether oxygens (including phenoxy) is 1. The summed E-state index contributed by atoms with van der Waals surface area (Å²) in [5, 5.41) is 5.74. The summed E-state index contributed by atoms with van der Waals surface area (Å²) in [7, 11) is 1.56. The predicted molar refractivity (Wildman–Crippen MR) is 71.8 cm³/mol. The SMILES string of the molecule is CCCNc1ncc(F)cc1C(=O)NC(C)COC. The quantitative estimate of drug-likeness (QED) is 0.792. The van der Waals surface area contributed by atoms with Gasteiger partial charge >= 0.3 is 0 Å². The first-order valence-electron chi connectivity index (χ1n) is 6.27. The number of rotatable bonds is 7. The van der Waals surface area contributed by atoms with Gasteiger partial charge in [0.15, 0.2) is 0 Å². The third kappa shape index (κ3) is 4.82. The van der Waals surface area contributed by atoms with E-state index in [9.17, 15) is 9.18 Å². The Kier molecular flexibility index (Phi) is 6.21. The van der Waals surface area contributed by atoms with Crippen molar-refractivity contribution in [1.29, 1.82) is 0 Å². The number of carbonyl (C=O) groups excluding carboxylic acids is 1. The van der Waals surface area contributed by atoms with E-state index in [1.807, 2.05) is 13.8 Å². The third-order valence-electron chi connectivity index (χ3n) is 2.44. The van der Waals surface area contributed by atoms with Gasteiger partial charge in [0.2, 0.25) is 0 Å². The minimum absolute atomic E-state index is 0.153. The van der Waals surface area contributed by atoms with Gasteiger partial charge in [-0.15, -0.1) is 0 Å². The number of nitrogens with zero attached hydrogens (tertiary/aromatic N) is 1. The van der Waals surface area contributed by atoms with Crippen LogP contribution in [0.4, 0.5) is 10.2 Å². The normalized spacial score (nSPS) is 12.0. The molecule has 0 saturated carbocycles. The molecule has 19 heavy (non-hydrogen) atoms. The van der Waals surface area contributed by atoms with Gasteiger partial charge in [0.25, 0.3) is 5.91 Å². The van der Waals surface area contributed by atoms with E-state index in [-0.39, 0.29) is 17.5 Å². The predicted octanol–water partition coefficient (Wildman–Crippen LogP) is 1.81. The number of hydrogen-bond acceptors (Lipinski definition) is 4. The van der Waals surface area contributed by atoms with Crippen molar-refractivity contribution in [2.75, 3.05) is 25.6 Å². The highest BCUT2D eigenvalue weighted by atomic mass is 19.1. The highest BCUT2D eigenvalue weighted by Crippen LogP contribution is 2.13. The molecule has 1 amide bonds. The lowest BCUT2D eigenvalue weighted by Crippen LogP contribution is -2.36. The molecule has 0 aliphatic heterocycles. The van der Waals surface area contributed by atoms with Gasteiger partial charge < -0.3 is 15.4 Å². The summed E-state index contributed by atoms with van der Waals surface area (Å²) in [6.07, 6.45) is 1.98. The molecule has 5 nitrogen and oxygen atoms in total. The Labute approximate surface area is 112 Å². The zero-order valence-corrected chi connectivity index (χ0v) is 11.5. The number of aromatic nitrogens is 1. The molecule has 1 atom stereocenters. The van der Waals surface area contributed by atoms with Crippen LogP contribution >= 0.6 is 0 Å². The van der Waals surface area contributed by atoms with E-state index in [1.165, 1.54) is 6.07 Å². The maximum Gasteiger partial charge on any atom is 0.255 e. The molecule has 0 aromatic carbocycles. The fourth-order valence-electron chi connectivity index (χ4n) is 1.59. The number of halogens is 1. The summed E-state index contributed by atoms with van der Waals surface area (Å²) in [5.41, 5.74) is 0.205. The second kappa shape index (κ2) is 7.68. The van der Waals surface area contributed by atoms with Crippen LogP contribution in [0.15, 0.2) is 12.3 Å². The van der Waals surface area contributed by atoms with Crippen LogP contribution in [0.3, 0.4) is 0 Å². The molecule has 1 aromatic heterocycles. The fourth-order valence-corrected chi connectivity index (χ4v) is 1.59. The molecule has 0 radical (unpaired) electrons. The van der Waals surface area contributed by atoms with Crippen molar-refractivity contribution in [3.05, 3.63) is 23.6 Å². The van der Waals surface area contributed by atoms with Crippen molar-refractivity contribution in [3.8, 4) is 0 Å². The van der Waals surface area contributed by atoms with Gasteiger partial charge in [-0.3, -0.25) is 4.79 Å². The van der Waals surface area contributed by atoms with E-state index in [4.69, 9.17) is 4.74 Å². The molecule has 6 heteroatoms. The van der Waals surface area contributed by atoms with Crippen LogP contribution in [0.2, 0.25) is 0 Å². The number of carbonyl (C=O) groups is 1. The summed E-state index contributed by atoms with van der Waals surface area (Å²) < 4.78 is 18.2. The average molecular weight is 269 g/mol. The molecular formula is C13H20FN3O2. The van der Waals surface area contributed by atoms with Gasteiger partial charge in [0.05, 0.1) is 18.4 Å². The lowest BCUT2D eigenvalue weighted by Gasteiger charge is -2.15. The van der Waals surface area contributed by atoms with Gasteiger partial charge in [-0.2, -0.15) is 0 Å². The first-order chi connectivity index (χ1) is 9.08. The van der Waals surface area contributed by atoms with E-state index in [1.54, 1.807) is 7.11 Å². The van der Waals surface area contributed by atoms with Crippen molar-refractivity contribution in [1.82, 2.24) is 10.3 Å². The molecule has 1 rings (SSSR count). The number of anilines is 1. The van der Waals surface area contributed by atoms with E-state index in [0.29, 0.717) is 19.0 Å². The highest BCUT2D eigenvalue weighted by Gasteiger charge is 2.15. The molecule has 106 valence electrons. The molecule has 0 saturated heterocycles. The molecule has 1 aromatic rings. The van der Waals surface area contributed by atoms with Gasteiger partial charge in [-0.05, 0) is 19.4 Å². The second-order valence-corrected chi connectivity index (χ2v) is 4.31. The smallest absolute Gasteiger partial charge is 0.255 e. The zero-order chi connectivity index (χ0) is 14.3. The first-order valence-corrected chi connectivity index (χ1v) is 6.27. The van der Waals surface area contributed by atoms with E-state index >= 15 is 0 Å². The molecule has 0 aliphatic carbocycles. The Bertz CT molecular complexity index is 426. The fraction of sp³-hybridized carbons (Fsp3) is 0.538. The Balaban J connectivity index is 2.84. The number of pyridine rings is 1. The number of amides is 1. The Morgan fingerprint density at radius 3 is 2.95 bits per heavy atom. The maximum absolute atomic E-state index is 13.2. The van der Waals surface area contributed by atoms with Gasteiger partial charge in [0.1, 0.15) is 11.6 Å². The highest BCUT2D eigenvalue weighted by molar-refractivity contribution is 5.98. The van der Waals surface area contributed by atoms with Crippen molar-refractivity contribution in [2.45, 2.75) is 26.3 Å². The molecule has 0 aliphatic rings. The van der Waals surface area contributed by atoms with Crippen molar-refractivity contribution in [2.24, 2.45) is 0 Å². The molecule has 0 fully saturated rings. The summed E-state index contributed by atoms with van der Waals surface area (Å²) in [6, 6.07) is 1.03. The largest absolute Gasteiger partial charge is 0.383 e. The van der Waals surface area contributed by atoms with Crippen molar-refractivity contribution < 1.29 is 13.9 Å². The Morgan fingerprint density at radius 1 is 1.58 bits per heavy atom. The van der Waals surface area contributed by atoms with E-state index < -0.39 is 5.82 Å². The van der Waals surface area contributed by atoms with Crippen LogP contribution in [-0.4, -0.2) is 37.2 Å². The van der Waals surface area contributed by atoms with Crippen LogP contribution in [0, 0.1) is 5.82 Å². The maximum atomic E-state index is 13.2. The molecular weight excluding hydrogens is 249 g/mol. The van der Waals surface area contributed by atoms with Gasteiger partial charge in [-0.1, -0.05) is 6.92 Å². The molecule has 0 bridgehead atoms. The first kappa shape index (κ1) is 15.4. The van der Waals surface area contributed by atoms with Gasteiger partial charge in [-0.25, -0.2) is 9.37 Å². The standard InChI is InChI=1S/C13H20FN3O2/c1-4-5-15-12-11(6-10(14)7-16-12)13(18)17-9(2)8-19-3/h6-7,9H,4-5,8H2,1-3H3,(H,15,16)(H,17,18). The van der Waals surface area contributed by atoms with Crippen molar-refractivity contribution >= 4 is 11.7 Å². The van der Waals surface area contributed by atoms with E-state index in [0.717, 1.165) is 12.6 Å². The minimum Gasteiger partial charge on any atom is -0.383 e. The molecule has 2 N–H and O–H groups in total. The monoisotopic (exact) mass is 269 g/mol. The van der Waals surface area contributed by atoms with Crippen LogP contribution in [0.5, 0.6) is 0 Å². The lowest BCUT2D eigenvalue weighted by atomic mass is 10.2. The summed E-state index contributed by atoms with van der Waals surface area (Å²) in [5.74, 6) is -0.507. The Hall–Kier alpha value is -1.69. The van der Waals surface area contributed by atoms with Gasteiger partial charge in [0, 0.05) is 19.7 Å². The lowest BCUT2D eigenvalue weighted by molar-refractivity contribution is 0.0905. The van der Waals surface area contributed by atoms with Crippen molar-refractivity contribution in [3.63, 3.8) is 0 Å². The van der Waals surface area contributed by atoms with Crippen LogP contribution in [0.25, 0.3) is 0 Å². The van der Waals surface area contributed by atoms with Crippen LogP contribution < -0.4 is 10.6 Å². The van der Waals surface area contributed by atoms with Crippen LogP contribution in [-0.2, 0) is 4.74 Å². The number of hydrogen-bond donors (Lipinski definition) is 2. The summed E-state index contributed by atoms with van der Waals surface area (Å²) in [6.45, 7) is 4.88. The summed E-state index contributed by atoms with van der Waals surface area (Å²) >= 11 is 0. The molecule has 1 heterocycles. The average Bonchev–Trinajstić information content (AvgIpc) is 2.37. The van der Waals surface area contributed by atoms with Crippen LogP contribution in [0.1, 0.15) is 30.6 Å². The second-order valence-electron chi connectivity index (χ2n) is 4.31. The number of methoxy groups -OCH3 is 1. The zero-order valence-electron chi connectivity index (χ0n) is 11.5. The Morgan fingerprint density at radius 2 is 2.32 bits per heavy atom. The third-order valence-corrected chi connectivity index (χ3v) is 2.44. The molecule has 1 unspecified atom stereocenters. The summed E-state index contributed by atoms with van der Waals surface area (Å²) in [4.78, 5) is 16.0. The number of nitrogens with one attached hydrogen (secondary N) is 2. The van der Waals surface area contributed by atoms with E-state index in [2.05, 4.69) is 15.6 Å². The topological polar surface area (TPSA) is 63.2 Å².